The number of hydrogen-bond acceptors (Lipinski definition) is 3. The third-order valence-electron chi connectivity index (χ3n) is 4.18. The van der Waals surface area contributed by atoms with Gasteiger partial charge in [0.2, 0.25) is 0 Å². The number of rotatable bonds is 5. The fourth-order valence-corrected chi connectivity index (χ4v) is 3.03. The fourth-order valence-electron chi connectivity index (χ4n) is 3.03. The zero-order chi connectivity index (χ0) is 15.3. The molecule has 0 bridgehead atoms. The van der Waals surface area contributed by atoms with E-state index in [0.717, 1.165) is 13.1 Å². The second kappa shape index (κ2) is 7.26. The Morgan fingerprint density at radius 1 is 1.33 bits per heavy atom. The molecule has 1 atom stereocenters. The highest BCUT2D eigenvalue weighted by Gasteiger charge is 2.22. The second-order valence-corrected chi connectivity index (χ2v) is 7.26. The molecule has 0 aromatic carbocycles. The van der Waals surface area contributed by atoms with Crippen LogP contribution < -0.4 is 10.2 Å². The highest BCUT2D eigenvalue weighted by Crippen LogP contribution is 2.26. The van der Waals surface area contributed by atoms with Crippen molar-refractivity contribution in [2.45, 2.75) is 77.9 Å². The van der Waals surface area contributed by atoms with E-state index >= 15 is 0 Å². The lowest BCUT2D eigenvalue weighted by Crippen LogP contribution is -2.40. The van der Waals surface area contributed by atoms with Gasteiger partial charge in [0, 0.05) is 30.9 Å². The van der Waals surface area contributed by atoms with E-state index < -0.39 is 0 Å². The first-order chi connectivity index (χ1) is 9.99. The number of pyridine rings is 1. The van der Waals surface area contributed by atoms with E-state index in [1.165, 1.54) is 43.5 Å². The van der Waals surface area contributed by atoms with Crippen LogP contribution in [0.5, 0.6) is 0 Å². The summed E-state index contributed by atoms with van der Waals surface area (Å²) in [5.74, 6) is 1.17. The Hall–Kier alpha value is -1.09. The first kappa shape index (κ1) is 16.3. The monoisotopic (exact) mass is 289 g/mol. The molecule has 1 unspecified atom stereocenters. The molecule has 0 amide bonds. The zero-order valence-electron chi connectivity index (χ0n) is 14.2. The minimum Gasteiger partial charge on any atom is -0.354 e. The lowest BCUT2D eigenvalue weighted by Gasteiger charge is -2.37. The molecule has 1 aliphatic rings. The molecule has 2 heterocycles. The standard InChI is InChI=1S/C18H31N3/c1-5-8-16-9-6-7-12-21(16)17-13-15(10-11-19-17)14-20-18(2,3)4/h10-11,13,16,20H,5-9,12,14H2,1-4H3. The summed E-state index contributed by atoms with van der Waals surface area (Å²) in [6, 6.07) is 5.08. The summed E-state index contributed by atoms with van der Waals surface area (Å²) in [6.07, 6.45) is 8.49. The van der Waals surface area contributed by atoms with Gasteiger partial charge in [-0.05, 0) is 64.2 Å². The van der Waals surface area contributed by atoms with Gasteiger partial charge in [0.05, 0.1) is 0 Å². The molecule has 1 fully saturated rings. The molecule has 0 radical (unpaired) electrons. The van der Waals surface area contributed by atoms with E-state index in [4.69, 9.17) is 0 Å². The summed E-state index contributed by atoms with van der Waals surface area (Å²) in [4.78, 5) is 7.17. The molecule has 1 aromatic heterocycles. The van der Waals surface area contributed by atoms with Gasteiger partial charge in [-0.25, -0.2) is 4.98 Å². The zero-order valence-corrected chi connectivity index (χ0v) is 14.2. The Morgan fingerprint density at radius 2 is 2.14 bits per heavy atom. The molecule has 21 heavy (non-hydrogen) atoms. The lowest BCUT2D eigenvalue weighted by molar-refractivity contribution is 0.422. The van der Waals surface area contributed by atoms with Gasteiger partial charge in [0.15, 0.2) is 0 Å². The number of nitrogens with zero attached hydrogens (tertiary/aromatic N) is 2. The molecule has 1 aliphatic heterocycles. The van der Waals surface area contributed by atoms with Crippen LogP contribution in [0.3, 0.4) is 0 Å². The third kappa shape index (κ3) is 4.99. The summed E-state index contributed by atoms with van der Waals surface area (Å²) < 4.78 is 0. The first-order valence-corrected chi connectivity index (χ1v) is 8.46. The number of hydrogen-bond donors (Lipinski definition) is 1. The predicted octanol–water partition coefficient (Wildman–Crippen LogP) is 4.13. The summed E-state index contributed by atoms with van der Waals surface area (Å²) in [6.45, 7) is 11.0. The average Bonchev–Trinajstić information content (AvgIpc) is 2.46. The Labute approximate surface area is 130 Å². The summed E-state index contributed by atoms with van der Waals surface area (Å²) in [5.41, 5.74) is 1.48. The molecule has 3 heteroatoms. The average molecular weight is 289 g/mol. The van der Waals surface area contributed by atoms with Crippen LogP contribution in [-0.4, -0.2) is 23.1 Å². The van der Waals surface area contributed by atoms with Crippen molar-refractivity contribution in [1.29, 1.82) is 0 Å². The van der Waals surface area contributed by atoms with E-state index in [2.05, 4.69) is 55.0 Å². The number of anilines is 1. The third-order valence-corrected chi connectivity index (χ3v) is 4.18. The maximum absolute atomic E-state index is 4.64. The first-order valence-electron chi connectivity index (χ1n) is 8.46. The normalized spacial score (nSPS) is 19.8. The van der Waals surface area contributed by atoms with Crippen molar-refractivity contribution >= 4 is 5.82 Å². The topological polar surface area (TPSA) is 28.2 Å². The highest BCUT2D eigenvalue weighted by atomic mass is 15.2. The molecule has 1 aromatic rings. The van der Waals surface area contributed by atoms with Crippen LogP contribution in [-0.2, 0) is 6.54 Å². The molecule has 118 valence electrons. The second-order valence-electron chi connectivity index (χ2n) is 7.26. The minimum absolute atomic E-state index is 0.152. The van der Waals surface area contributed by atoms with Crippen LogP contribution in [0.1, 0.15) is 65.4 Å². The van der Waals surface area contributed by atoms with Gasteiger partial charge in [0.25, 0.3) is 0 Å². The van der Waals surface area contributed by atoms with Gasteiger partial charge in [-0.3, -0.25) is 0 Å². The van der Waals surface area contributed by atoms with E-state index in [-0.39, 0.29) is 5.54 Å². The van der Waals surface area contributed by atoms with Gasteiger partial charge in [-0.15, -0.1) is 0 Å². The van der Waals surface area contributed by atoms with Gasteiger partial charge in [-0.1, -0.05) is 13.3 Å². The van der Waals surface area contributed by atoms with Crippen molar-refractivity contribution in [3.05, 3.63) is 23.9 Å². The summed E-state index contributed by atoms with van der Waals surface area (Å²) >= 11 is 0. The molecule has 3 nitrogen and oxygen atoms in total. The number of piperidine rings is 1. The minimum atomic E-state index is 0.152. The van der Waals surface area contributed by atoms with Gasteiger partial charge in [-0.2, -0.15) is 0 Å². The Balaban J connectivity index is 2.08. The van der Waals surface area contributed by atoms with Crippen LogP contribution >= 0.6 is 0 Å². The van der Waals surface area contributed by atoms with E-state index in [9.17, 15) is 0 Å². The molecular formula is C18H31N3. The molecule has 0 saturated carbocycles. The van der Waals surface area contributed by atoms with Crippen molar-refractivity contribution in [2.75, 3.05) is 11.4 Å². The Morgan fingerprint density at radius 3 is 2.86 bits per heavy atom. The van der Waals surface area contributed by atoms with Crippen LogP contribution in [0.4, 0.5) is 5.82 Å². The smallest absolute Gasteiger partial charge is 0.129 e. The Kier molecular flexibility index (Phi) is 5.63. The fraction of sp³-hybridized carbons (Fsp3) is 0.722. The molecule has 0 spiro atoms. The van der Waals surface area contributed by atoms with Crippen molar-refractivity contribution in [3.63, 3.8) is 0 Å². The summed E-state index contributed by atoms with van der Waals surface area (Å²) in [5, 5.41) is 3.56. The van der Waals surface area contributed by atoms with E-state index in [1.54, 1.807) is 0 Å². The maximum Gasteiger partial charge on any atom is 0.129 e. The van der Waals surface area contributed by atoms with E-state index in [0.29, 0.717) is 6.04 Å². The van der Waals surface area contributed by atoms with Gasteiger partial charge < -0.3 is 10.2 Å². The molecule has 0 aliphatic carbocycles. The van der Waals surface area contributed by atoms with Crippen molar-refractivity contribution in [2.24, 2.45) is 0 Å². The molecular weight excluding hydrogens is 258 g/mol. The van der Waals surface area contributed by atoms with Crippen molar-refractivity contribution in [3.8, 4) is 0 Å². The number of aromatic nitrogens is 1. The van der Waals surface area contributed by atoms with Crippen LogP contribution in [0, 0.1) is 0 Å². The highest BCUT2D eigenvalue weighted by molar-refractivity contribution is 5.42. The van der Waals surface area contributed by atoms with Gasteiger partial charge in [0.1, 0.15) is 5.82 Å². The lowest BCUT2D eigenvalue weighted by atomic mass is 9.98. The Bertz CT molecular complexity index is 434. The quantitative estimate of drug-likeness (QED) is 0.883. The SMILES string of the molecule is CCCC1CCCCN1c1cc(CNC(C)(C)C)ccn1. The van der Waals surface area contributed by atoms with Crippen molar-refractivity contribution in [1.82, 2.24) is 10.3 Å². The van der Waals surface area contributed by atoms with Crippen LogP contribution in [0.25, 0.3) is 0 Å². The van der Waals surface area contributed by atoms with Crippen LogP contribution in [0.15, 0.2) is 18.3 Å². The molecule has 1 saturated heterocycles. The van der Waals surface area contributed by atoms with Crippen molar-refractivity contribution < 1.29 is 0 Å². The molecule has 2 rings (SSSR count). The molecule has 1 N–H and O–H groups in total. The number of nitrogens with one attached hydrogen (secondary N) is 1. The van der Waals surface area contributed by atoms with Crippen LogP contribution in [0.2, 0.25) is 0 Å². The largest absolute Gasteiger partial charge is 0.354 e. The maximum atomic E-state index is 4.64. The van der Waals surface area contributed by atoms with Gasteiger partial charge >= 0.3 is 0 Å². The summed E-state index contributed by atoms with van der Waals surface area (Å²) in [7, 11) is 0. The van der Waals surface area contributed by atoms with E-state index in [1.807, 2.05) is 6.20 Å². The predicted molar refractivity (Wildman–Crippen MR) is 90.7 cm³/mol.